The molecule has 18 heavy (non-hydrogen) atoms. The lowest BCUT2D eigenvalue weighted by Crippen LogP contribution is -2.31. The van der Waals surface area contributed by atoms with Gasteiger partial charge in [0, 0.05) is 12.2 Å². The van der Waals surface area contributed by atoms with Gasteiger partial charge in [0.15, 0.2) is 0 Å². The van der Waals surface area contributed by atoms with Crippen molar-refractivity contribution in [2.24, 2.45) is 5.92 Å². The van der Waals surface area contributed by atoms with E-state index in [0.717, 1.165) is 17.7 Å². The second-order valence-electron chi connectivity index (χ2n) is 4.85. The van der Waals surface area contributed by atoms with E-state index in [1.807, 2.05) is 6.92 Å². The Labute approximate surface area is 108 Å². The van der Waals surface area contributed by atoms with Crippen molar-refractivity contribution in [1.29, 1.82) is 0 Å². The molecule has 0 atom stereocenters. The Morgan fingerprint density at radius 2 is 2.11 bits per heavy atom. The first-order valence-electron chi connectivity index (χ1n) is 6.25. The molecular formula is C14H21FN2O. The topological polar surface area (TPSA) is 41.1 Å². The van der Waals surface area contributed by atoms with Crippen molar-refractivity contribution < 1.29 is 9.18 Å². The Morgan fingerprint density at radius 3 is 2.72 bits per heavy atom. The molecule has 0 unspecified atom stereocenters. The molecule has 0 aliphatic carbocycles. The van der Waals surface area contributed by atoms with Crippen molar-refractivity contribution in [3.8, 4) is 0 Å². The van der Waals surface area contributed by atoms with Gasteiger partial charge in [-0.05, 0) is 43.0 Å². The highest BCUT2D eigenvalue weighted by Gasteiger charge is 2.03. The number of halogens is 1. The number of nitrogens with one attached hydrogen (secondary N) is 2. The molecule has 0 spiro atoms. The third kappa shape index (κ3) is 5.17. The SMILES string of the molecule is Cc1cc(F)ccc1NCC(=O)NCCC(C)C. The Bertz CT molecular complexity index is 405. The van der Waals surface area contributed by atoms with Crippen LogP contribution in [-0.4, -0.2) is 19.0 Å². The van der Waals surface area contributed by atoms with E-state index < -0.39 is 0 Å². The van der Waals surface area contributed by atoms with Crippen molar-refractivity contribution >= 4 is 11.6 Å². The molecule has 0 fully saturated rings. The lowest BCUT2D eigenvalue weighted by molar-refractivity contribution is -0.119. The van der Waals surface area contributed by atoms with Crippen LogP contribution in [0, 0.1) is 18.7 Å². The van der Waals surface area contributed by atoms with Crippen LogP contribution in [0.1, 0.15) is 25.8 Å². The monoisotopic (exact) mass is 252 g/mol. The smallest absolute Gasteiger partial charge is 0.239 e. The highest BCUT2D eigenvalue weighted by Crippen LogP contribution is 2.14. The van der Waals surface area contributed by atoms with Gasteiger partial charge in [0.25, 0.3) is 0 Å². The second kappa shape index (κ2) is 6.99. The molecule has 0 aliphatic heterocycles. The number of carbonyl (C=O) groups is 1. The molecule has 0 saturated carbocycles. The summed E-state index contributed by atoms with van der Waals surface area (Å²) in [6.07, 6.45) is 0.974. The maximum absolute atomic E-state index is 12.9. The molecule has 1 aromatic carbocycles. The average molecular weight is 252 g/mol. The molecule has 0 aromatic heterocycles. The van der Waals surface area contributed by atoms with Crippen LogP contribution in [0.4, 0.5) is 10.1 Å². The third-order valence-corrected chi connectivity index (χ3v) is 2.67. The largest absolute Gasteiger partial charge is 0.376 e. The summed E-state index contributed by atoms with van der Waals surface area (Å²) in [5.74, 6) is 0.274. The maximum atomic E-state index is 12.9. The number of carbonyl (C=O) groups excluding carboxylic acids is 1. The van der Waals surface area contributed by atoms with Crippen molar-refractivity contribution in [3.63, 3.8) is 0 Å². The van der Waals surface area contributed by atoms with Crippen LogP contribution in [-0.2, 0) is 4.79 Å². The van der Waals surface area contributed by atoms with Gasteiger partial charge in [-0.3, -0.25) is 4.79 Å². The number of benzene rings is 1. The minimum atomic E-state index is -0.264. The standard InChI is InChI=1S/C14H21FN2O/c1-10(2)6-7-16-14(18)9-17-13-5-4-12(15)8-11(13)3/h4-5,8,10,17H,6-7,9H2,1-3H3,(H,16,18). The quantitative estimate of drug-likeness (QED) is 0.817. The minimum Gasteiger partial charge on any atom is -0.376 e. The van der Waals surface area contributed by atoms with Crippen LogP contribution < -0.4 is 10.6 Å². The summed E-state index contributed by atoms with van der Waals surface area (Å²) < 4.78 is 12.9. The van der Waals surface area contributed by atoms with Crippen molar-refractivity contribution in [2.45, 2.75) is 27.2 Å². The third-order valence-electron chi connectivity index (χ3n) is 2.67. The molecule has 2 N–H and O–H groups in total. The minimum absolute atomic E-state index is 0.0422. The lowest BCUT2D eigenvalue weighted by Gasteiger charge is -2.10. The van der Waals surface area contributed by atoms with E-state index in [0.29, 0.717) is 12.5 Å². The van der Waals surface area contributed by atoms with Crippen molar-refractivity contribution in [2.75, 3.05) is 18.4 Å². The van der Waals surface area contributed by atoms with Crippen molar-refractivity contribution in [1.82, 2.24) is 5.32 Å². The van der Waals surface area contributed by atoms with E-state index in [-0.39, 0.29) is 18.3 Å². The molecule has 100 valence electrons. The fourth-order valence-electron chi connectivity index (χ4n) is 1.56. The first kappa shape index (κ1) is 14.5. The van der Waals surface area contributed by atoms with E-state index in [1.165, 1.54) is 12.1 Å². The molecule has 0 bridgehead atoms. The lowest BCUT2D eigenvalue weighted by atomic mass is 10.1. The average Bonchev–Trinajstić information content (AvgIpc) is 2.27. The van der Waals surface area contributed by atoms with Gasteiger partial charge in [0.1, 0.15) is 5.82 Å². The number of hydrogen-bond acceptors (Lipinski definition) is 2. The van der Waals surface area contributed by atoms with Gasteiger partial charge in [-0.25, -0.2) is 4.39 Å². The summed E-state index contributed by atoms with van der Waals surface area (Å²) in [6, 6.07) is 4.47. The summed E-state index contributed by atoms with van der Waals surface area (Å²) in [6.45, 7) is 6.95. The van der Waals surface area contributed by atoms with Gasteiger partial charge < -0.3 is 10.6 Å². The highest BCUT2D eigenvalue weighted by molar-refractivity contribution is 5.80. The number of amides is 1. The summed E-state index contributed by atoms with van der Waals surface area (Å²) in [5.41, 5.74) is 1.58. The first-order chi connectivity index (χ1) is 8.49. The van der Waals surface area contributed by atoms with Crippen LogP contribution in [0.25, 0.3) is 0 Å². The van der Waals surface area contributed by atoms with Gasteiger partial charge in [0.2, 0.25) is 5.91 Å². The van der Waals surface area contributed by atoms with Gasteiger partial charge in [-0.2, -0.15) is 0 Å². The Hall–Kier alpha value is -1.58. The number of aryl methyl sites for hydroxylation is 1. The normalized spacial score (nSPS) is 10.5. The predicted octanol–water partition coefficient (Wildman–Crippen LogP) is 2.71. The summed E-state index contributed by atoms with van der Waals surface area (Å²) in [7, 11) is 0. The van der Waals surface area contributed by atoms with Crippen LogP contribution >= 0.6 is 0 Å². The number of hydrogen-bond donors (Lipinski definition) is 2. The molecule has 4 heteroatoms. The van der Waals surface area contributed by atoms with Crippen LogP contribution in [0.3, 0.4) is 0 Å². The molecule has 1 aromatic rings. The van der Waals surface area contributed by atoms with E-state index in [1.54, 1.807) is 6.07 Å². The number of rotatable bonds is 6. The molecule has 0 radical (unpaired) electrons. The summed E-state index contributed by atoms with van der Waals surface area (Å²) in [4.78, 5) is 11.5. The zero-order chi connectivity index (χ0) is 13.5. The van der Waals surface area contributed by atoms with E-state index in [2.05, 4.69) is 24.5 Å². The molecule has 0 heterocycles. The summed E-state index contributed by atoms with van der Waals surface area (Å²) in [5, 5.41) is 5.84. The second-order valence-corrected chi connectivity index (χ2v) is 4.85. The fourth-order valence-corrected chi connectivity index (χ4v) is 1.56. The van der Waals surface area contributed by atoms with E-state index in [4.69, 9.17) is 0 Å². The van der Waals surface area contributed by atoms with Crippen LogP contribution in [0.15, 0.2) is 18.2 Å². The van der Waals surface area contributed by atoms with Gasteiger partial charge >= 0.3 is 0 Å². The molecule has 1 rings (SSSR count). The highest BCUT2D eigenvalue weighted by atomic mass is 19.1. The zero-order valence-corrected chi connectivity index (χ0v) is 11.2. The van der Waals surface area contributed by atoms with Gasteiger partial charge in [0.05, 0.1) is 6.54 Å². The molecular weight excluding hydrogens is 231 g/mol. The Morgan fingerprint density at radius 1 is 1.39 bits per heavy atom. The van der Waals surface area contributed by atoms with Gasteiger partial charge in [-0.1, -0.05) is 13.8 Å². The Balaban J connectivity index is 2.33. The molecule has 0 aliphatic rings. The Kier molecular flexibility index (Phi) is 5.62. The van der Waals surface area contributed by atoms with Crippen LogP contribution in [0.5, 0.6) is 0 Å². The van der Waals surface area contributed by atoms with Crippen LogP contribution in [0.2, 0.25) is 0 Å². The van der Waals surface area contributed by atoms with Crippen molar-refractivity contribution in [3.05, 3.63) is 29.6 Å². The zero-order valence-electron chi connectivity index (χ0n) is 11.2. The molecule has 1 amide bonds. The van der Waals surface area contributed by atoms with E-state index in [9.17, 15) is 9.18 Å². The molecule has 0 saturated heterocycles. The fraction of sp³-hybridized carbons (Fsp3) is 0.500. The number of anilines is 1. The molecule has 3 nitrogen and oxygen atoms in total. The summed E-state index contributed by atoms with van der Waals surface area (Å²) >= 11 is 0. The predicted molar refractivity (Wildman–Crippen MR) is 72.1 cm³/mol. The first-order valence-corrected chi connectivity index (χ1v) is 6.25. The van der Waals surface area contributed by atoms with E-state index >= 15 is 0 Å². The van der Waals surface area contributed by atoms with Gasteiger partial charge in [-0.15, -0.1) is 0 Å². The maximum Gasteiger partial charge on any atom is 0.239 e.